The Morgan fingerprint density at radius 1 is 1.18 bits per heavy atom. The SMILES string of the molecule is CC.COc1cnc(C(F)F)cc1-c1cc(-n2c(F)cccc2=O)ncc1C(=O)NC1=NNC(C#CC2CC2)S1. The number of nitrogens with one attached hydrogen (secondary N) is 2. The Hall–Kier alpha value is -4.31. The minimum atomic E-state index is -2.91. The van der Waals surface area contributed by atoms with Crippen molar-refractivity contribution >= 4 is 22.8 Å². The molecule has 9 nitrogen and oxygen atoms in total. The number of thioether (sulfide) groups is 1. The largest absolute Gasteiger partial charge is 0.494 e. The van der Waals surface area contributed by atoms with Gasteiger partial charge in [0.25, 0.3) is 17.9 Å². The average molecular weight is 571 g/mol. The number of pyridine rings is 3. The molecule has 1 atom stereocenters. The topological polar surface area (TPSA) is 111 Å². The molecule has 4 heterocycles. The van der Waals surface area contributed by atoms with Gasteiger partial charge in [-0.15, -0.1) is 0 Å². The number of hydrazone groups is 1. The number of halogens is 3. The van der Waals surface area contributed by atoms with Crippen molar-refractivity contribution in [2.75, 3.05) is 7.11 Å². The van der Waals surface area contributed by atoms with Crippen molar-refractivity contribution in [3.63, 3.8) is 0 Å². The van der Waals surface area contributed by atoms with Gasteiger partial charge in [0.05, 0.1) is 18.9 Å². The Labute approximate surface area is 232 Å². The third kappa shape index (κ3) is 6.45. The molecule has 3 aromatic rings. The summed E-state index contributed by atoms with van der Waals surface area (Å²) in [6.07, 6.45) is 1.46. The number of alkyl halides is 2. The number of nitrogens with zero attached hydrogens (tertiary/aromatic N) is 4. The predicted molar refractivity (Wildman–Crippen MR) is 146 cm³/mol. The molecule has 3 aromatic heterocycles. The van der Waals surface area contributed by atoms with Crippen LogP contribution in [-0.4, -0.2) is 38.1 Å². The van der Waals surface area contributed by atoms with Crippen LogP contribution in [0.1, 0.15) is 49.2 Å². The van der Waals surface area contributed by atoms with Crippen LogP contribution in [0.25, 0.3) is 16.9 Å². The molecule has 40 heavy (non-hydrogen) atoms. The number of amides is 1. The Kier molecular flexibility index (Phi) is 9.11. The first kappa shape index (κ1) is 28.7. The van der Waals surface area contributed by atoms with Crippen molar-refractivity contribution in [1.82, 2.24) is 25.3 Å². The standard InChI is InChI=1S/C25H19F3N6O3S.C2H6/c1-37-18-12-29-17(23(27)28)9-15(18)14-10-20(34-19(26)3-2-4-22(34)35)30-11-16(14)24(36)31-25-33-32-21(38-25)8-7-13-5-6-13;1-2/h2-4,9-13,21,23,32H,5-6H2,1H3,(H,31,33,36);1-2H3. The molecule has 1 saturated carbocycles. The fourth-order valence-corrected chi connectivity index (χ4v) is 4.31. The van der Waals surface area contributed by atoms with Gasteiger partial charge in [-0.3, -0.25) is 25.3 Å². The van der Waals surface area contributed by atoms with Crippen LogP contribution in [0.4, 0.5) is 13.2 Å². The van der Waals surface area contributed by atoms with Gasteiger partial charge >= 0.3 is 0 Å². The van der Waals surface area contributed by atoms with Gasteiger partial charge in [-0.25, -0.2) is 18.3 Å². The second-order valence-corrected chi connectivity index (χ2v) is 9.38. The third-order valence-corrected chi connectivity index (χ3v) is 6.50. The zero-order valence-electron chi connectivity index (χ0n) is 21.7. The van der Waals surface area contributed by atoms with E-state index in [0.29, 0.717) is 10.5 Å². The molecule has 0 saturated heterocycles. The molecule has 1 unspecified atom stereocenters. The van der Waals surface area contributed by atoms with Crippen molar-refractivity contribution in [2.24, 2.45) is 11.0 Å². The first-order chi connectivity index (χ1) is 19.3. The number of rotatable bonds is 5. The molecule has 0 spiro atoms. The van der Waals surface area contributed by atoms with E-state index in [-0.39, 0.29) is 38.8 Å². The lowest BCUT2D eigenvalue weighted by Crippen LogP contribution is -2.29. The maximum atomic E-state index is 14.5. The molecular weight excluding hydrogens is 545 g/mol. The molecule has 13 heteroatoms. The molecule has 5 rings (SSSR count). The van der Waals surface area contributed by atoms with E-state index >= 15 is 0 Å². The summed E-state index contributed by atoms with van der Waals surface area (Å²) >= 11 is 1.21. The van der Waals surface area contributed by atoms with Gasteiger partial charge in [-0.05, 0) is 42.8 Å². The first-order valence-corrected chi connectivity index (χ1v) is 13.2. The maximum Gasteiger partial charge on any atom is 0.280 e. The smallest absolute Gasteiger partial charge is 0.280 e. The number of amidine groups is 1. The number of aromatic nitrogens is 3. The first-order valence-electron chi connectivity index (χ1n) is 12.4. The Morgan fingerprint density at radius 2 is 1.95 bits per heavy atom. The van der Waals surface area contributed by atoms with E-state index in [9.17, 15) is 22.8 Å². The monoisotopic (exact) mass is 570 g/mol. The zero-order chi connectivity index (χ0) is 28.8. The van der Waals surface area contributed by atoms with Gasteiger partial charge in [0.2, 0.25) is 5.95 Å². The average Bonchev–Trinajstić information content (AvgIpc) is 3.69. The van der Waals surface area contributed by atoms with Crippen LogP contribution in [0.15, 0.2) is 52.6 Å². The van der Waals surface area contributed by atoms with E-state index in [4.69, 9.17) is 4.74 Å². The highest BCUT2D eigenvalue weighted by Gasteiger charge is 2.25. The molecule has 2 N–H and O–H groups in total. The van der Waals surface area contributed by atoms with Gasteiger partial charge in [0.1, 0.15) is 17.3 Å². The molecule has 1 aliphatic heterocycles. The third-order valence-electron chi connectivity index (χ3n) is 5.62. The minimum Gasteiger partial charge on any atom is -0.494 e. The highest BCUT2D eigenvalue weighted by atomic mass is 32.2. The summed E-state index contributed by atoms with van der Waals surface area (Å²) in [5.41, 5.74) is 1.63. The molecule has 2 aliphatic rings. The van der Waals surface area contributed by atoms with Crippen molar-refractivity contribution in [3.8, 4) is 34.5 Å². The molecule has 208 valence electrons. The normalized spacial score (nSPS) is 15.7. The summed E-state index contributed by atoms with van der Waals surface area (Å²) in [4.78, 5) is 33.5. The Balaban J connectivity index is 0.00000181. The zero-order valence-corrected chi connectivity index (χ0v) is 22.6. The second-order valence-electron chi connectivity index (χ2n) is 8.28. The van der Waals surface area contributed by atoms with Crippen LogP contribution in [0.3, 0.4) is 0 Å². The van der Waals surface area contributed by atoms with E-state index in [0.717, 1.165) is 43.4 Å². The van der Waals surface area contributed by atoms with Gasteiger partial charge in [-0.1, -0.05) is 31.8 Å². The van der Waals surface area contributed by atoms with Crippen LogP contribution < -0.4 is 21.0 Å². The summed E-state index contributed by atoms with van der Waals surface area (Å²) < 4.78 is 47.5. The van der Waals surface area contributed by atoms with E-state index in [2.05, 4.69) is 37.7 Å². The summed E-state index contributed by atoms with van der Waals surface area (Å²) in [5, 5.41) is 6.66. The number of methoxy groups -OCH3 is 1. The highest BCUT2D eigenvalue weighted by molar-refractivity contribution is 8.14. The summed E-state index contributed by atoms with van der Waals surface area (Å²) in [6, 6.07) is 5.76. The van der Waals surface area contributed by atoms with Crippen LogP contribution >= 0.6 is 11.8 Å². The van der Waals surface area contributed by atoms with Crippen LogP contribution in [0.5, 0.6) is 5.75 Å². The number of carbonyl (C=O) groups is 1. The molecule has 1 aliphatic carbocycles. The minimum absolute atomic E-state index is 0.0568. The van der Waals surface area contributed by atoms with Gasteiger partial charge in [0, 0.05) is 29.3 Å². The number of hydrogen-bond acceptors (Lipinski definition) is 8. The van der Waals surface area contributed by atoms with Gasteiger partial charge in [-0.2, -0.15) is 9.49 Å². The Bertz CT molecular complexity index is 1560. The van der Waals surface area contributed by atoms with E-state index in [1.54, 1.807) is 0 Å². The fraction of sp³-hybridized carbons (Fsp3) is 0.296. The van der Waals surface area contributed by atoms with E-state index < -0.39 is 29.5 Å². The predicted octanol–water partition coefficient (Wildman–Crippen LogP) is 4.48. The molecule has 0 radical (unpaired) electrons. The van der Waals surface area contributed by atoms with Crippen LogP contribution in [-0.2, 0) is 0 Å². The van der Waals surface area contributed by atoms with Crippen molar-refractivity contribution in [3.05, 3.63) is 70.3 Å². The lowest BCUT2D eigenvalue weighted by Gasteiger charge is -2.16. The number of carbonyl (C=O) groups excluding carboxylic acids is 1. The molecule has 1 fully saturated rings. The van der Waals surface area contributed by atoms with Crippen LogP contribution in [0.2, 0.25) is 0 Å². The van der Waals surface area contributed by atoms with E-state index in [1.807, 2.05) is 13.8 Å². The number of ether oxygens (including phenoxy) is 1. The van der Waals surface area contributed by atoms with Gasteiger partial charge in [0.15, 0.2) is 10.5 Å². The van der Waals surface area contributed by atoms with Crippen molar-refractivity contribution in [1.29, 1.82) is 0 Å². The summed E-state index contributed by atoms with van der Waals surface area (Å²) in [5.74, 6) is 4.92. The van der Waals surface area contributed by atoms with Crippen LogP contribution in [0, 0.1) is 23.7 Å². The second kappa shape index (κ2) is 12.7. The lowest BCUT2D eigenvalue weighted by atomic mass is 10.00. The molecule has 1 amide bonds. The molecule has 0 bridgehead atoms. The quantitative estimate of drug-likeness (QED) is 0.344. The summed E-state index contributed by atoms with van der Waals surface area (Å²) in [7, 11) is 1.31. The molecular formula is C27H25F3N6O3S. The van der Waals surface area contributed by atoms with Crippen molar-refractivity contribution < 1.29 is 22.7 Å². The maximum absolute atomic E-state index is 14.5. The van der Waals surface area contributed by atoms with E-state index in [1.165, 1.54) is 31.0 Å². The molecule has 0 aromatic carbocycles. The van der Waals surface area contributed by atoms with Gasteiger partial charge < -0.3 is 4.74 Å². The fourth-order valence-electron chi connectivity index (χ4n) is 3.59. The number of hydrogen-bond donors (Lipinski definition) is 2. The lowest BCUT2D eigenvalue weighted by molar-refractivity contribution is 0.0978. The van der Waals surface area contributed by atoms with Crippen molar-refractivity contribution in [2.45, 2.75) is 38.5 Å². The summed E-state index contributed by atoms with van der Waals surface area (Å²) in [6.45, 7) is 4.00. The highest BCUT2D eigenvalue weighted by Crippen LogP contribution is 2.35. The Morgan fingerprint density at radius 3 is 2.62 bits per heavy atom.